The predicted molar refractivity (Wildman–Crippen MR) is 103 cm³/mol. The molecule has 0 aliphatic carbocycles. The summed E-state index contributed by atoms with van der Waals surface area (Å²) in [6.07, 6.45) is 4.55. The van der Waals surface area contributed by atoms with Gasteiger partial charge in [-0.05, 0) is 31.0 Å². The molecule has 2 bridgehead atoms. The number of methoxy groups -OCH3 is 1. The number of amides is 2. The van der Waals surface area contributed by atoms with Gasteiger partial charge < -0.3 is 20.8 Å². The Kier molecular flexibility index (Phi) is 5.72. The number of aromatic amines is 1. The molecule has 2 heterocycles. The van der Waals surface area contributed by atoms with E-state index in [-0.39, 0.29) is 11.6 Å². The molecule has 144 valence electrons. The molecule has 2 amide bonds. The van der Waals surface area contributed by atoms with Gasteiger partial charge in [0.2, 0.25) is 5.91 Å². The molecule has 28 heavy (non-hydrogen) atoms. The number of ether oxygens (including phenoxy) is 1. The lowest BCUT2D eigenvalue weighted by Gasteiger charge is -2.13. The first-order chi connectivity index (χ1) is 13.5. The van der Waals surface area contributed by atoms with Crippen molar-refractivity contribution in [1.82, 2.24) is 9.97 Å². The van der Waals surface area contributed by atoms with E-state index in [1.807, 2.05) is 12.2 Å². The van der Waals surface area contributed by atoms with Crippen LogP contribution in [0.4, 0.5) is 16.2 Å². The zero-order valence-electron chi connectivity index (χ0n) is 15.3. The van der Waals surface area contributed by atoms with Crippen LogP contribution in [0.15, 0.2) is 30.4 Å². The average Bonchev–Trinajstić information content (AvgIpc) is 3.11. The standard InChI is InChI=1S/C19H20N6O3/c1-28-19(27)22-11-7-8-12-14(9-11)23-16(26)6-4-2-3-5-13(21)18-24-15(10-20)17(12)25-18/h2-3,7-9,13H,4-6,21H2,1H3,(H,22,27)(H,23,26)(H,24,25)/b3-2-/t13-/m0/s1. The first-order valence-electron chi connectivity index (χ1n) is 8.71. The van der Waals surface area contributed by atoms with E-state index >= 15 is 0 Å². The van der Waals surface area contributed by atoms with Gasteiger partial charge in [0.05, 0.1) is 24.5 Å². The molecule has 1 aliphatic heterocycles. The van der Waals surface area contributed by atoms with Crippen LogP contribution < -0.4 is 16.4 Å². The minimum absolute atomic E-state index is 0.177. The molecule has 0 unspecified atom stereocenters. The number of allylic oxidation sites excluding steroid dienone is 1. The van der Waals surface area contributed by atoms with Gasteiger partial charge in [-0.15, -0.1) is 0 Å². The van der Waals surface area contributed by atoms with Gasteiger partial charge >= 0.3 is 6.09 Å². The van der Waals surface area contributed by atoms with Crippen molar-refractivity contribution in [1.29, 1.82) is 5.26 Å². The van der Waals surface area contributed by atoms with Crippen molar-refractivity contribution in [3.05, 3.63) is 41.9 Å². The molecule has 0 fully saturated rings. The summed E-state index contributed by atoms with van der Waals surface area (Å²) in [5.41, 5.74) is 8.24. The fraction of sp³-hybridized carbons (Fsp3) is 0.263. The van der Waals surface area contributed by atoms with Crippen LogP contribution in [-0.4, -0.2) is 29.1 Å². The van der Waals surface area contributed by atoms with E-state index in [0.717, 1.165) is 0 Å². The van der Waals surface area contributed by atoms with Gasteiger partial charge in [0.15, 0.2) is 5.69 Å². The molecule has 3 rings (SSSR count). The van der Waals surface area contributed by atoms with Crippen molar-refractivity contribution >= 4 is 23.4 Å². The van der Waals surface area contributed by atoms with Crippen molar-refractivity contribution in [2.75, 3.05) is 17.7 Å². The molecule has 1 atom stereocenters. The molecule has 1 aromatic carbocycles. The van der Waals surface area contributed by atoms with Crippen molar-refractivity contribution in [3.63, 3.8) is 0 Å². The van der Waals surface area contributed by atoms with Crippen LogP contribution in [0.5, 0.6) is 0 Å². The Hall–Kier alpha value is -3.64. The van der Waals surface area contributed by atoms with Gasteiger partial charge in [-0.25, -0.2) is 9.78 Å². The zero-order chi connectivity index (χ0) is 20.1. The third kappa shape index (κ3) is 4.19. The molecule has 9 heteroatoms. The molecule has 0 radical (unpaired) electrons. The van der Waals surface area contributed by atoms with Crippen LogP contribution in [0.1, 0.15) is 36.8 Å². The number of rotatable bonds is 1. The number of nitrogens with two attached hydrogens (primary N) is 1. The van der Waals surface area contributed by atoms with E-state index in [4.69, 9.17) is 5.73 Å². The fourth-order valence-electron chi connectivity index (χ4n) is 2.85. The Labute approximate surface area is 161 Å². The number of nitrogens with zero attached hydrogens (tertiary/aromatic N) is 2. The number of aromatic nitrogens is 2. The lowest BCUT2D eigenvalue weighted by atomic mass is 10.1. The SMILES string of the molecule is COC(=O)Nc1ccc2c(c1)NC(=O)CC/C=C\C[C@H](N)c1nc(C#N)c-2[nH]1. The average molecular weight is 380 g/mol. The number of fused-ring (bicyclic) bond motifs is 4. The molecule has 0 saturated heterocycles. The van der Waals surface area contributed by atoms with Gasteiger partial charge in [-0.3, -0.25) is 10.1 Å². The van der Waals surface area contributed by atoms with E-state index in [1.165, 1.54) is 7.11 Å². The van der Waals surface area contributed by atoms with Gasteiger partial charge in [0, 0.05) is 17.7 Å². The highest BCUT2D eigenvalue weighted by Gasteiger charge is 2.20. The summed E-state index contributed by atoms with van der Waals surface area (Å²) >= 11 is 0. The highest BCUT2D eigenvalue weighted by atomic mass is 16.5. The first-order valence-corrected chi connectivity index (χ1v) is 8.71. The molecule has 1 aliphatic rings. The molecule has 1 aromatic heterocycles. The van der Waals surface area contributed by atoms with Crippen molar-refractivity contribution in [3.8, 4) is 17.3 Å². The van der Waals surface area contributed by atoms with Crippen LogP contribution in [0.2, 0.25) is 0 Å². The third-order valence-electron chi connectivity index (χ3n) is 4.27. The van der Waals surface area contributed by atoms with Crippen LogP contribution in [0.25, 0.3) is 11.3 Å². The number of nitrogens with one attached hydrogen (secondary N) is 3. The van der Waals surface area contributed by atoms with Crippen molar-refractivity contribution in [2.45, 2.75) is 25.3 Å². The maximum Gasteiger partial charge on any atom is 0.411 e. The number of hydrogen-bond donors (Lipinski definition) is 4. The number of anilines is 2. The van der Waals surface area contributed by atoms with E-state index < -0.39 is 12.1 Å². The Bertz CT molecular complexity index is 973. The number of imidazole rings is 1. The normalized spacial score (nSPS) is 17.6. The molecular weight excluding hydrogens is 360 g/mol. The molecule has 5 N–H and O–H groups in total. The largest absolute Gasteiger partial charge is 0.453 e. The summed E-state index contributed by atoms with van der Waals surface area (Å²) in [7, 11) is 1.26. The van der Waals surface area contributed by atoms with E-state index in [9.17, 15) is 14.9 Å². The van der Waals surface area contributed by atoms with Crippen molar-refractivity contribution in [2.24, 2.45) is 5.73 Å². The minimum atomic E-state index is -0.631. The summed E-state index contributed by atoms with van der Waals surface area (Å²) in [4.78, 5) is 31.3. The number of H-pyrrole nitrogens is 1. The number of benzene rings is 1. The lowest BCUT2D eigenvalue weighted by molar-refractivity contribution is -0.116. The summed E-state index contributed by atoms with van der Waals surface area (Å²) in [6, 6.07) is 6.58. The van der Waals surface area contributed by atoms with E-state index in [0.29, 0.717) is 47.7 Å². The van der Waals surface area contributed by atoms with Gasteiger partial charge in [-0.1, -0.05) is 12.2 Å². The van der Waals surface area contributed by atoms with Gasteiger partial charge in [-0.2, -0.15) is 5.26 Å². The fourth-order valence-corrected chi connectivity index (χ4v) is 2.85. The number of hydrogen-bond acceptors (Lipinski definition) is 6. The summed E-state index contributed by atoms with van der Waals surface area (Å²) in [5.74, 6) is 0.299. The lowest BCUT2D eigenvalue weighted by Crippen LogP contribution is -2.14. The number of carbonyl (C=O) groups is 2. The Morgan fingerprint density at radius 3 is 3.00 bits per heavy atom. The highest BCUT2D eigenvalue weighted by molar-refractivity contribution is 5.97. The van der Waals surface area contributed by atoms with E-state index in [2.05, 4.69) is 31.4 Å². The molecule has 0 saturated carbocycles. The quantitative estimate of drug-likeness (QED) is 0.560. The maximum absolute atomic E-state index is 12.3. The number of carbonyl (C=O) groups excluding carboxylic acids is 2. The van der Waals surface area contributed by atoms with Gasteiger partial charge in [0.25, 0.3) is 0 Å². The Morgan fingerprint density at radius 1 is 1.43 bits per heavy atom. The molecular formula is C19H20N6O3. The monoisotopic (exact) mass is 380 g/mol. The molecule has 9 nitrogen and oxygen atoms in total. The van der Waals surface area contributed by atoms with Crippen LogP contribution in [0.3, 0.4) is 0 Å². The topological polar surface area (TPSA) is 146 Å². The minimum Gasteiger partial charge on any atom is -0.453 e. The highest BCUT2D eigenvalue weighted by Crippen LogP contribution is 2.33. The maximum atomic E-state index is 12.3. The first kappa shape index (κ1) is 19.1. The van der Waals surface area contributed by atoms with Gasteiger partial charge in [0.1, 0.15) is 11.9 Å². The molecule has 2 aromatic rings. The summed E-state index contributed by atoms with van der Waals surface area (Å²) < 4.78 is 4.60. The third-order valence-corrected chi connectivity index (χ3v) is 4.27. The second-order valence-corrected chi connectivity index (χ2v) is 6.23. The Morgan fingerprint density at radius 2 is 2.25 bits per heavy atom. The van der Waals surface area contributed by atoms with Crippen LogP contribution in [-0.2, 0) is 9.53 Å². The van der Waals surface area contributed by atoms with Crippen LogP contribution in [0, 0.1) is 11.3 Å². The summed E-state index contributed by atoms with van der Waals surface area (Å²) in [5, 5.41) is 14.9. The smallest absolute Gasteiger partial charge is 0.411 e. The Balaban J connectivity index is 2.11. The second-order valence-electron chi connectivity index (χ2n) is 6.23. The van der Waals surface area contributed by atoms with Crippen molar-refractivity contribution < 1.29 is 14.3 Å². The zero-order valence-corrected chi connectivity index (χ0v) is 15.3. The van der Waals surface area contributed by atoms with Crippen LogP contribution >= 0.6 is 0 Å². The molecule has 0 spiro atoms. The van der Waals surface area contributed by atoms with E-state index in [1.54, 1.807) is 18.2 Å². The second kappa shape index (κ2) is 8.37. The number of nitriles is 1. The summed E-state index contributed by atoms with van der Waals surface area (Å²) in [6.45, 7) is 0. The predicted octanol–water partition coefficient (Wildman–Crippen LogP) is 2.81.